The van der Waals surface area contributed by atoms with E-state index in [1.165, 1.54) is 5.56 Å². The summed E-state index contributed by atoms with van der Waals surface area (Å²) in [6.45, 7) is 0.761. The minimum Gasteiger partial charge on any atom is -0.383 e. The number of nitrogens with two attached hydrogens (primary N) is 2. The van der Waals surface area contributed by atoms with Crippen LogP contribution in [0.5, 0.6) is 0 Å². The second-order valence-corrected chi connectivity index (χ2v) is 7.33. The maximum Gasteiger partial charge on any atom is 0.222 e. The molecular weight excluding hydrogens is 434 g/mol. The summed E-state index contributed by atoms with van der Waals surface area (Å²) in [4.78, 5) is 8.45. The summed E-state index contributed by atoms with van der Waals surface area (Å²) in [5.41, 5.74) is 14.8. The molecule has 0 aliphatic rings. The van der Waals surface area contributed by atoms with Gasteiger partial charge in [-0.05, 0) is 45.8 Å². The van der Waals surface area contributed by atoms with Crippen molar-refractivity contribution >= 4 is 65.4 Å². The standard InChI is InChI=1S/C17H13Br2N5/c18-10-3-1-2-9(6-10)8-24-5-4-11-13(24)7-12(19)14-15(11)22-17(21)23-16(14)20/h1-7H,8H2,(H4,20,21,22,23). The first-order valence-corrected chi connectivity index (χ1v) is 8.86. The second kappa shape index (κ2) is 5.75. The molecule has 0 bridgehead atoms. The van der Waals surface area contributed by atoms with Crippen LogP contribution >= 0.6 is 31.9 Å². The molecular formula is C17H13Br2N5. The van der Waals surface area contributed by atoms with E-state index in [9.17, 15) is 0 Å². The molecule has 4 N–H and O–H groups in total. The molecule has 24 heavy (non-hydrogen) atoms. The quantitative estimate of drug-likeness (QED) is 0.480. The van der Waals surface area contributed by atoms with E-state index in [-0.39, 0.29) is 5.95 Å². The topological polar surface area (TPSA) is 82.7 Å². The summed E-state index contributed by atoms with van der Waals surface area (Å²) in [6, 6.07) is 12.3. The lowest BCUT2D eigenvalue weighted by Crippen LogP contribution is -2.02. The minimum absolute atomic E-state index is 0.180. The fourth-order valence-corrected chi connectivity index (χ4v) is 3.99. The van der Waals surface area contributed by atoms with E-state index in [0.717, 1.165) is 37.3 Å². The highest BCUT2D eigenvalue weighted by Crippen LogP contribution is 2.34. The minimum atomic E-state index is 0.180. The Hall–Kier alpha value is -2.12. The van der Waals surface area contributed by atoms with Crippen LogP contribution in [0, 0.1) is 0 Å². The smallest absolute Gasteiger partial charge is 0.222 e. The third-order valence-electron chi connectivity index (χ3n) is 3.96. The maximum absolute atomic E-state index is 6.02. The molecule has 0 fully saturated rings. The molecule has 5 nitrogen and oxygen atoms in total. The molecule has 0 radical (unpaired) electrons. The van der Waals surface area contributed by atoms with Crippen LogP contribution in [0.4, 0.5) is 11.8 Å². The van der Waals surface area contributed by atoms with Crippen molar-refractivity contribution in [3.05, 3.63) is 57.1 Å². The average Bonchev–Trinajstić information content (AvgIpc) is 2.89. The van der Waals surface area contributed by atoms with Gasteiger partial charge in [0.2, 0.25) is 5.95 Å². The van der Waals surface area contributed by atoms with Crippen molar-refractivity contribution < 1.29 is 0 Å². The molecule has 4 aromatic rings. The molecule has 2 heterocycles. The van der Waals surface area contributed by atoms with Crippen LogP contribution in [-0.4, -0.2) is 14.5 Å². The van der Waals surface area contributed by atoms with Crippen LogP contribution in [0.25, 0.3) is 21.8 Å². The summed E-state index contributed by atoms with van der Waals surface area (Å²) in [5, 5.41) is 1.79. The number of nitrogens with zero attached hydrogens (tertiary/aromatic N) is 3. The van der Waals surface area contributed by atoms with Crippen molar-refractivity contribution in [2.24, 2.45) is 0 Å². The van der Waals surface area contributed by atoms with Gasteiger partial charge in [0.15, 0.2) is 0 Å². The van der Waals surface area contributed by atoms with Crippen molar-refractivity contribution in [2.75, 3.05) is 11.5 Å². The Bertz CT molecular complexity index is 1090. The molecule has 0 saturated heterocycles. The van der Waals surface area contributed by atoms with Gasteiger partial charge in [-0.3, -0.25) is 0 Å². The largest absolute Gasteiger partial charge is 0.383 e. The third kappa shape index (κ3) is 2.53. The van der Waals surface area contributed by atoms with Gasteiger partial charge in [-0.2, -0.15) is 4.98 Å². The Morgan fingerprint density at radius 3 is 2.67 bits per heavy atom. The van der Waals surface area contributed by atoms with Crippen LogP contribution in [0.2, 0.25) is 0 Å². The lowest BCUT2D eigenvalue weighted by atomic mass is 10.1. The summed E-state index contributed by atoms with van der Waals surface area (Å²) in [6.07, 6.45) is 2.05. The first-order chi connectivity index (χ1) is 11.5. The molecule has 0 amide bonds. The van der Waals surface area contributed by atoms with Gasteiger partial charge in [-0.15, -0.1) is 0 Å². The van der Waals surface area contributed by atoms with Gasteiger partial charge in [-0.25, -0.2) is 4.98 Å². The number of hydrogen-bond acceptors (Lipinski definition) is 4. The van der Waals surface area contributed by atoms with Crippen molar-refractivity contribution in [3.63, 3.8) is 0 Å². The van der Waals surface area contributed by atoms with Gasteiger partial charge >= 0.3 is 0 Å². The molecule has 0 unspecified atom stereocenters. The highest BCUT2D eigenvalue weighted by molar-refractivity contribution is 9.11. The molecule has 2 aromatic carbocycles. The zero-order valence-electron chi connectivity index (χ0n) is 12.5. The monoisotopic (exact) mass is 445 g/mol. The van der Waals surface area contributed by atoms with Crippen LogP contribution in [0.15, 0.2) is 51.5 Å². The third-order valence-corrected chi connectivity index (χ3v) is 5.08. The number of nitrogen functional groups attached to an aromatic ring is 2. The molecule has 0 saturated carbocycles. The lowest BCUT2D eigenvalue weighted by molar-refractivity contribution is 0.836. The Kier molecular flexibility index (Phi) is 3.69. The Morgan fingerprint density at radius 1 is 1.04 bits per heavy atom. The number of aromatic nitrogens is 3. The van der Waals surface area contributed by atoms with Crippen molar-refractivity contribution in [3.8, 4) is 0 Å². The average molecular weight is 447 g/mol. The Balaban J connectivity index is 1.93. The van der Waals surface area contributed by atoms with Crippen LogP contribution in [0.1, 0.15) is 5.56 Å². The van der Waals surface area contributed by atoms with E-state index < -0.39 is 0 Å². The summed E-state index contributed by atoms with van der Waals surface area (Å²) >= 11 is 7.10. The summed E-state index contributed by atoms with van der Waals surface area (Å²) in [5.74, 6) is 0.560. The van der Waals surface area contributed by atoms with E-state index in [2.05, 4.69) is 58.5 Å². The highest BCUT2D eigenvalue weighted by atomic mass is 79.9. The van der Waals surface area contributed by atoms with Crippen LogP contribution in [0.3, 0.4) is 0 Å². The summed E-state index contributed by atoms with van der Waals surface area (Å²) < 4.78 is 4.10. The number of benzene rings is 2. The van der Waals surface area contributed by atoms with Gasteiger partial charge in [0.05, 0.1) is 16.4 Å². The number of anilines is 2. The molecule has 2 aromatic heterocycles. The molecule has 4 rings (SSSR count). The van der Waals surface area contributed by atoms with Crippen LogP contribution < -0.4 is 11.5 Å². The molecule has 0 spiro atoms. The normalized spacial score (nSPS) is 11.4. The first kappa shape index (κ1) is 15.4. The second-order valence-electron chi connectivity index (χ2n) is 5.56. The first-order valence-electron chi connectivity index (χ1n) is 7.27. The Labute approximate surface area is 154 Å². The lowest BCUT2D eigenvalue weighted by Gasteiger charge is -2.09. The fraction of sp³-hybridized carbons (Fsp3) is 0.0588. The van der Waals surface area contributed by atoms with E-state index in [1.54, 1.807) is 0 Å². The molecule has 0 aliphatic carbocycles. The highest BCUT2D eigenvalue weighted by Gasteiger charge is 2.14. The van der Waals surface area contributed by atoms with Gasteiger partial charge in [0, 0.05) is 27.1 Å². The molecule has 7 heteroatoms. The van der Waals surface area contributed by atoms with Crippen LogP contribution in [-0.2, 0) is 6.54 Å². The van der Waals surface area contributed by atoms with Crippen molar-refractivity contribution in [2.45, 2.75) is 6.54 Å². The van der Waals surface area contributed by atoms with Gasteiger partial charge in [0.1, 0.15) is 5.82 Å². The number of hydrogen-bond donors (Lipinski definition) is 2. The molecule has 0 atom stereocenters. The van der Waals surface area contributed by atoms with Crippen molar-refractivity contribution in [1.29, 1.82) is 0 Å². The summed E-state index contributed by atoms with van der Waals surface area (Å²) in [7, 11) is 0. The molecule has 120 valence electrons. The zero-order chi connectivity index (χ0) is 16.8. The predicted molar refractivity (Wildman–Crippen MR) is 105 cm³/mol. The zero-order valence-corrected chi connectivity index (χ0v) is 15.7. The van der Waals surface area contributed by atoms with Gasteiger partial charge < -0.3 is 16.0 Å². The van der Waals surface area contributed by atoms with Crippen molar-refractivity contribution in [1.82, 2.24) is 14.5 Å². The number of halogens is 2. The van der Waals surface area contributed by atoms with E-state index >= 15 is 0 Å². The fourth-order valence-electron chi connectivity index (χ4n) is 2.93. The SMILES string of the molecule is Nc1nc(N)c2c(Br)cc3c(ccn3Cc3cccc(Br)c3)c2n1. The predicted octanol–water partition coefficient (Wildman–Crippen LogP) is 4.32. The molecule has 0 aliphatic heterocycles. The van der Waals surface area contributed by atoms with E-state index in [1.807, 2.05) is 30.5 Å². The van der Waals surface area contributed by atoms with E-state index in [0.29, 0.717) is 5.82 Å². The van der Waals surface area contributed by atoms with Gasteiger partial charge in [0.25, 0.3) is 0 Å². The van der Waals surface area contributed by atoms with Gasteiger partial charge in [-0.1, -0.05) is 28.1 Å². The maximum atomic E-state index is 6.02. The number of rotatable bonds is 2. The van der Waals surface area contributed by atoms with E-state index in [4.69, 9.17) is 11.5 Å². The number of fused-ring (bicyclic) bond motifs is 3. The Morgan fingerprint density at radius 2 is 1.88 bits per heavy atom.